The number of anilines is 2. The van der Waals surface area contributed by atoms with Crippen LogP contribution in [0.3, 0.4) is 0 Å². The molecule has 3 nitrogen and oxygen atoms in total. The van der Waals surface area contributed by atoms with Crippen LogP contribution in [0.2, 0.25) is 0 Å². The number of allylic oxidation sites excluding steroid dienone is 1. The van der Waals surface area contributed by atoms with Gasteiger partial charge in [-0.2, -0.15) is 10.5 Å². The molecule has 1 heterocycles. The highest BCUT2D eigenvalue weighted by Crippen LogP contribution is 2.47. The normalized spacial score (nSPS) is 11.5. The van der Waals surface area contributed by atoms with Crippen LogP contribution < -0.4 is 4.90 Å². The van der Waals surface area contributed by atoms with Crippen LogP contribution in [-0.4, -0.2) is 6.54 Å². The van der Waals surface area contributed by atoms with Gasteiger partial charge < -0.3 is 4.90 Å². The van der Waals surface area contributed by atoms with Crippen LogP contribution in [0.1, 0.15) is 93.4 Å². The third-order valence-corrected chi connectivity index (χ3v) is 6.66. The molecular weight excluding hydrogens is 426 g/mol. The Morgan fingerprint density at radius 1 is 0.714 bits per heavy atom. The van der Waals surface area contributed by atoms with Crippen molar-refractivity contribution in [3.63, 3.8) is 0 Å². The Hall–Kier alpha value is -3.92. The molecule has 0 aromatic heterocycles. The van der Waals surface area contributed by atoms with Gasteiger partial charge in [-0.05, 0) is 42.8 Å². The van der Waals surface area contributed by atoms with E-state index in [9.17, 15) is 10.5 Å². The minimum Gasteiger partial charge on any atom is -0.340 e. The largest absolute Gasteiger partial charge is 0.340 e. The molecule has 0 atom stereocenters. The van der Waals surface area contributed by atoms with Gasteiger partial charge in [0, 0.05) is 45.7 Å². The lowest BCUT2D eigenvalue weighted by atomic mass is 9.85. The molecule has 3 rings (SSSR count). The minimum absolute atomic E-state index is 0.0643. The first-order valence-electron chi connectivity index (χ1n) is 12.7. The summed E-state index contributed by atoms with van der Waals surface area (Å²) >= 11 is 0. The van der Waals surface area contributed by atoms with Gasteiger partial charge in [-0.1, -0.05) is 76.6 Å². The second-order valence-electron chi connectivity index (χ2n) is 9.06. The first-order chi connectivity index (χ1) is 17.2. The van der Waals surface area contributed by atoms with Gasteiger partial charge in [-0.15, -0.1) is 12.8 Å². The highest BCUT2D eigenvalue weighted by Gasteiger charge is 2.29. The van der Waals surface area contributed by atoms with E-state index in [0.29, 0.717) is 16.7 Å². The first kappa shape index (κ1) is 25.7. The number of hydrogen-bond donors (Lipinski definition) is 0. The summed E-state index contributed by atoms with van der Waals surface area (Å²) in [4.78, 5) is 2.28. The van der Waals surface area contributed by atoms with Crippen molar-refractivity contribution in [2.24, 2.45) is 0 Å². The van der Waals surface area contributed by atoms with Crippen LogP contribution in [0.15, 0.2) is 42.0 Å². The molecule has 2 aromatic rings. The number of fused-ring (bicyclic) bond motifs is 2. The predicted octanol–water partition coefficient (Wildman–Crippen LogP) is 7.87. The van der Waals surface area contributed by atoms with Crippen LogP contribution >= 0.6 is 0 Å². The number of nitrogens with zero attached hydrogens (tertiary/aromatic N) is 3. The number of nitriles is 2. The highest BCUT2D eigenvalue weighted by atomic mass is 15.1. The molecule has 0 amide bonds. The van der Waals surface area contributed by atoms with Crippen LogP contribution in [0.4, 0.5) is 11.4 Å². The summed E-state index contributed by atoms with van der Waals surface area (Å²) in [5.74, 6) is 5.36. The molecule has 0 bridgehead atoms. The zero-order valence-corrected chi connectivity index (χ0v) is 20.7. The summed E-state index contributed by atoms with van der Waals surface area (Å²) in [5, 5.41) is 19.5. The summed E-state index contributed by atoms with van der Waals surface area (Å²) in [5.41, 5.74) is 5.67. The molecule has 2 aromatic carbocycles. The Kier molecular flexibility index (Phi) is 9.61. The van der Waals surface area contributed by atoms with Gasteiger partial charge in [0.05, 0.1) is 0 Å². The van der Waals surface area contributed by atoms with Crippen molar-refractivity contribution < 1.29 is 0 Å². The van der Waals surface area contributed by atoms with Crippen molar-refractivity contribution in [3.8, 4) is 36.8 Å². The molecule has 0 unspecified atom stereocenters. The Bertz CT molecular complexity index is 1150. The maximum Gasteiger partial charge on any atom is 0.138 e. The lowest BCUT2D eigenvalue weighted by Crippen LogP contribution is -2.25. The first-order valence-corrected chi connectivity index (χ1v) is 12.7. The van der Waals surface area contributed by atoms with E-state index in [-0.39, 0.29) is 5.57 Å². The zero-order chi connectivity index (χ0) is 25.0. The van der Waals surface area contributed by atoms with Crippen molar-refractivity contribution in [2.45, 2.75) is 71.1 Å². The van der Waals surface area contributed by atoms with E-state index in [1.165, 1.54) is 57.8 Å². The average molecular weight is 460 g/mol. The molecular formula is C32H33N3. The second-order valence-corrected chi connectivity index (χ2v) is 9.06. The van der Waals surface area contributed by atoms with Crippen molar-refractivity contribution in [2.75, 3.05) is 11.4 Å². The molecule has 3 heteroatoms. The Morgan fingerprint density at radius 2 is 1.17 bits per heavy atom. The maximum absolute atomic E-state index is 9.73. The van der Waals surface area contributed by atoms with Gasteiger partial charge >= 0.3 is 0 Å². The van der Waals surface area contributed by atoms with E-state index in [1.54, 1.807) is 0 Å². The quantitative estimate of drug-likeness (QED) is 0.195. The number of hydrogen-bond acceptors (Lipinski definition) is 3. The van der Waals surface area contributed by atoms with Gasteiger partial charge in [-0.3, -0.25) is 0 Å². The molecule has 0 fully saturated rings. The Morgan fingerprint density at radius 3 is 1.60 bits per heavy atom. The third kappa shape index (κ3) is 6.15. The van der Waals surface area contributed by atoms with Crippen molar-refractivity contribution in [1.82, 2.24) is 0 Å². The molecule has 1 aliphatic rings. The molecule has 0 spiro atoms. The number of unbranched alkanes of at least 4 members (excludes halogenated alkanes) is 9. The fraction of sp³-hybridized carbons (Fsp3) is 0.375. The third-order valence-electron chi connectivity index (χ3n) is 6.66. The molecule has 0 radical (unpaired) electrons. The van der Waals surface area contributed by atoms with E-state index < -0.39 is 0 Å². The molecule has 1 aliphatic heterocycles. The van der Waals surface area contributed by atoms with E-state index in [2.05, 4.69) is 35.8 Å². The molecule has 0 aliphatic carbocycles. The number of rotatable bonds is 11. The number of benzene rings is 2. The van der Waals surface area contributed by atoms with E-state index in [4.69, 9.17) is 12.8 Å². The van der Waals surface area contributed by atoms with Gasteiger partial charge in [-0.25, -0.2) is 0 Å². The van der Waals surface area contributed by atoms with Crippen LogP contribution in [0.25, 0.3) is 5.57 Å². The van der Waals surface area contributed by atoms with E-state index in [1.807, 2.05) is 36.4 Å². The van der Waals surface area contributed by atoms with Crippen molar-refractivity contribution in [3.05, 3.63) is 64.2 Å². The minimum atomic E-state index is 0.0643. The van der Waals surface area contributed by atoms with E-state index in [0.717, 1.165) is 35.5 Å². The molecule has 35 heavy (non-hydrogen) atoms. The summed E-state index contributed by atoms with van der Waals surface area (Å²) in [7, 11) is 0. The van der Waals surface area contributed by atoms with Crippen molar-refractivity contribution in [1.29, 1.82) is 10.5 Å². The van der Waals surface area contributed by atoms with Crippen molar-refractivity contribution >= 4 is 16.9 Å². The van der Waals surface area contributed by atoms with Gasteiger partial charge in [0.2, 0.25) is 0 Å². The molecule has 0 N–H and O–H groups in total. The average Bonchev–Trinajstić information content (AvgIpc) is 2.90. The van der Waals surface area contributed by atoms with E-state index >= 15 is 0 Å². The standard InChI is InChI=1S/C32H33N3/c1-4-7-8-9-10-11-12-13-14-15-20-35-30-18-16-25(5-2)21-28(30)32(27(23-33)24-34)29-22-26(6-3)17-19-31(29)35/h2-3,16-19,21-22H,4,7-15,20H2,1H3. The Labute approximate surface area is 211 Å². The molecule has 0 saturated heterocycles. The Balaban J connectivity index is 1.83. The second kappa shape index (κ2) is 13.1. The summed E-state index contributed by atoms with van der Waals surface area (Å²) in [6.07, 6.45) is 24.2. The van der Waals surface area contributed by atoms with Gasteiger partial charge in [0.15, 0.2) is 0 Å². The summed E-state index contributed by atoms with van der Waals surface area (Å²) < 4.78 is 0. The smallest absolute Gasteiger partial charge is 0.138 e. The monoisotopic (exact) mass is 459 g/mol. The summed E-state index contributed by atoms with van der Waals surface area (Å²) in [6.45, 7) is 3.10. The molecule has 176 valence electrons. The fourth-order valence-electron chi connectivity index (χ4n) is 4.80. The van der Waals surface area contributed by atoms with Crippen LogP contribution in [-0.2, 0) is 0 Å². The topological polar surface area (TPSA) is 50.8 Å². The highest BCUT2D eigenvalue weighted by molar-refractivity contribution is 6.01. The summed E-state index contributed by atoms with van der Waals surface area (Å²) in [6, 6.07) is 15.8. The number of terminal acetylenes is 2. The van der Waals surface area contributed by atoms with Gasteiger partial charge in [0.25, 0.3) is 0 Å². The van der Waals surface area contributed by atoms with Gasteiger partial charge in [0.1, 0.15) is 17.7 Å². The van der Waals surface area contributed by atoms with Crippen LogP contribution in [0, 0.1) is 47.3 Å². The SMILES string of the molecule is C#Cc1ccc2c(c1)C(=C(C#N)C#N)c1cc(C#C)ccc1N2CCCCCCCCCCCC. The lowest BCUT2D eigenvalue weighted by Gasteiger charge is -2.35. The van der Waals surface area contributed by atoms with Crippen LogP contribution in [0.5, 0.6) is 0 Å². The lowest BCUT2D eigenvalue weighted by molar-refractivity contribution is 0.557. The molecule has 0 saturated carbocycles. The predicted molar refractivity (Wildman–Crippen MR) is 145 cm³/mol. The maximum atomic E-state index is 9.73. The fourth-order valence-corrected chi connectivity index (χ4v) is 4.80. The zero-order valence-electron chi connectivity index (χ0n) is 20.7.